The average molecular weight is 403 g/mol. The third-order valence-electron chi connectivity index (χ3n) is 5.83. The molecular formula is C23H25N5O2. The van der Waals surface area contributed by atoms with Crippen molar-refractivity contribution in [1.82, 2.24) is 9.88 Å². The molecule has 0 radical (unpaired) electrons. The van der Waals surface area contributed by atoms with Crippen molar-refractivity contribution in [2.24, 2.45) is 5.73 Å². The van der Waals surface area contributed by atoms with E-state index < -0.39 is 0 Å². The number of amides is 1. The summed E-state index contributed by atoms with van der Waals surface area (Å²) in [5.74, 6) is 0.384. The van der Waals surface area contributed by atoms with Crippen molar-refractivity contribution in [3.05, 3.63) is 59.1 Å². The van der Waals surface area contributed by atoms with Gasteiger partial charge in [0.15, 0.2) is 6.29 Å². The molecule has 0 spiro atoms. The first-order valence-corrected chi connectivity index (χ1v) is 10.1. The number of benzene rings is 1. The van der Waals surface area contributed by atoms with Gasteiger partial charge in [-0.25, -0.2) is 0 Å². The Morgan fingerprint density at radius 1 is 1.17 bits per heavy atom. The Balaban J connectivity index is 1.63. The standard InChI is InChI=1S/C23H25N5O2/c1-15(30)27-10-8-21(24)20(13-27)23(25)28-9-2-3-17-11-16(5-7-22(17)28)18-4-6-19(14-29)26-12-18/h4-7,11-12,14,25H,2-3,8-10,13,24H2,1H3. The van der Waals surface area contributed by atoms with Gasteiger partial charge in [-0.1, -0.05) is 12.1 Å². The Morgan fingerprint density at radius 2 is 1.97 bits per heavy atom. The predicted molar refractivity (Wildman–Crippen MR) is 117 cm³/mol. The third-order valence-corrected chi connectivity index (χ3v) is 5.83. The SMILES string of the molecule is CC(=O)N1CCC(N)=C(C(=N)N2CCCc3cc(-c4ccc(C=O)nc4)ccc32)C1. The van der Waals surface area contributed by atoms with Gasteiger partial charge < -0.3 is 15.5 Å². The van der Waals surface area contributed by atoms with Gasteiger partial charge in [-0.2, -0.15) is 0 Å². The van der Waals surface area contributed by atoms with E-state index in [0.717, 1.165) is 48.1 Å². The van der Waals surface area contributed by atoms with Crippen LogP contribution in [-0.2, 0) is 11.2 Å². The minimum absolute atomic E-state index is 0.00527. The van der Waals surface area contributed by atoms with E-state index in [2.05, 4.69) is 11.1 Å². The normalized spacial score (nSPS) is 16.3. The molecule has 0 atom stereocenters. The van der Waals surface area contributed by atoms with Crippen molar-refractivity contribution in [2.45, 2.75) is 26.2 Å². The van der Waals surface area contributed by atoms with E-state index >= 15 is 0 Å². The summed E-state index contributed by atoms with van der Waals surface area (Å²) in [6.07, 6.45) is 4.91. The van der Waals surface area contributed by atoms with Crippen LogP contribution >= 0.6 is 0 Å². The molecule has 3 N–H and O–H groups in total. The summed E-state index contributed by atoms with van der Waals surface area (Å²) in [4.78, 5) is 30.5. The second-order valence-electron chi connectivity index (χ2n) is 7.73. The zero-order chi connectivity index (χ0) is 21.3. The molecule has 30 heavy (non-hydrogen) atoms. The first-order chi connectivity index (χ1) is 14.5. The van der Waals surface area contributed by atoms with Crippen LogP contribution in [0.1, 0.15) is 35.8 Å². The summed E-state index contributed by atoms with van der Waals surface area (Å²) in [6, 6.07) is 9.79. The smallest absolute Gasteiger partial charge is 0.219 e. The molecule has 3 heterocycles. The maximum atomic E-state index is 11.8. The first kappa shape index (κ1) is 19.8. The predicted octanol–water partition coefficient (Wildman–Crippen LogP) is 2.76. The highest BCUT2D eigenvalue weighted by Gasteiger charge is 2.28. The summed E-state index contributed by atoms with van der Waals surface area (Å²) in [5, 5.41) is 8.84. The highest BCUT2D eigenvalue weighted by molar-refractivity contribution is 6.09. The van der Waals surface area contributed by atoms with Gasteiger partial charge in [0, 0.05) is 55.2 Å². The minimum atomic E-state index is 0.00527. The molecule has 1 aromatic carbocycles. The Labute approximate surface area is 175 Å². The number of nitrogens with one attached hydrogen (secondary N) is 1. The number of nitrogens with two attached hydrogens (primary N) is 1. The number of aldehydes is 1. The number of amidine groups is 1. The molecule has 2 aliphatic heterocycles. The number of nitrogens with zero attached hydrogens (tertiary/aromatic N) is 3. The van der Waals surface area contributed by atoms with Crippen LogP contribution < -0.4 is 10.6 Å². The number of anilines is 1. The number of hydrogen-bond acceptors (Lipinski definition) is 5. The summed E-state index contributed by atoms with van der Waals surface area (Å²) in [6.45, 7) is 3.29. The van der Waals surface area contributed by atoms with Gasteiger partial charge in [-0.15, -0.1) is 0 Å². The highest BCUT2D eigenvalue weighted by atomic mass is 16.2. The lowest BCUT2D eigenvalue weighted by Crippen LogP contribution is -2.44. The number of fused-ring (bicyclic) bond motifs is 1. The first-order valence-electron chi connectivity index (χ1n) is 10.1. The summed E-state index contributed by atoms with van der Waals surface area (Å²) in [7, 11) is 0. The lowest BCUT2D eigenvalue weighted by atomic mass is 9.95. The number of carbonyl (C=O) groups is 2. The molecule has 7 nitrogen and oxygen atoms in total. The highest BCUT2D eigenvalue weighted by Crippen LogP contribution is 2.33. The molecule has 0 bridgehead atoms. The van der Waals surface area contributed by atoms with E-state index in [-0.39, 0.29) is 5.91 Å². The van der Waals surface area contributed by atoms with Crippen molar-refractivity contribution in [1.29, 1.82) is 5.41 Å². The van der Waals surface area contributed by atoms with Crippen LogP contribution in [0.2, 0.25) is 0 Å². The van der Waals surface area contributed by atoms with E-state index in [1.54, 1.807) is 24.1 Å². The number of carbonyl (C=O) groups excluding carboxylic acids is 2. The number of hydrogen-bond donors (Lipinski definition) is 2. The molecule has 0 saturated carbocycles. The molecule has 1 amide bonds. The maximum Gasteiger partial charge on any atom is 0.219 e. The quantitative estimate of drug-likeness (QED) is 0.466. The van der Waals surface area contributed by atoms with Gasteiger partial charge >= 0.3 is 0 Å². The number of aryl methyl sites for hydroxylation is 1. The van der Waals surface area contributed by atoms with Crippen LogP contribution in [0.5, 0.6) is 0 Å². The van der Waals surface area contributed by atoms with Crippen molar-refractivity contribution in [2.75, 3.05) is 24.5 Å². The summed E-state index contributed by atoms with van der Waals surface area (Å²) >= 11 is 0. The fourth-order valence-electron chi connectivity index (χ4n) is 4.09. The van der Waals surface area contributed by atoms with Crippen LogP contribution in [-0.4, -0.2) is 47.5 Å². The van der Waals surface area contributed by atoms with Gasteiger partial charge in [0.2, 0.25) is 5.91 Å². The molecule has 2 aliphatic rings. The van der Waals surface area contributed by atoms with E-state index in [1.807, 2.05) is 23.1 Å². The monoisotopic (exact) mass is 403 g/mol. The van der Waals surface area contributed by atoms with Crippen molar-refractivity contribution in [3.63, 3.8) is 0 Å². The fraction of sp³-hybridized carbons (Fsp3) is 0.304. The maximum absolute atomic E-state index is 11.8. The number of pyridine rings is 1. The number of aromatic nitrogens is 1. The molecule has 154 valence electrons. The van der Waals surface area contributed by atoms with E-state index in [0.29, 0.717) is 36.7 Å². The summed E-state index contributed by atoms with van der Waals surface area (Å²) < 4.78 is 0. The molecule has 7 heteroatoms. The van der Waals surface area contributed by atoms with Crippen LogP contribution in [0, 0.1) is 5.41 Å². The molecule has 1 aromatic heterocycles. The van der Waals surface area contributed by atoms with Crippen LogP contribution in [0.15, 0.2) is 47.8 Å². The molecule has 2 aromatic rings. The fourth-order valence-corrected chi connectivity index (χ4v) is 4.09. The van der Waals surface area contributed by atoms with E-state index in [4.69, 9.17) is 11.1 Å². The summed E-state index contributed by atoms with van der Waals surface area (Å²) in [5.41, 5.74) is 12.2. The van der Waals surface area contributed by atoms with Gasteiger partial charge in [0.1, 0.15) is 11.5 Å². The minimum Gasteiger partial charge on any atom is -0.402 e. The third kappa shape index (κ3) is 3.70. The Kier molecular flexibility index (Phi) is 5.35. The average Bonchev–Trinajstić information content (AvgIpc) is 2.78. The topological polar surface area (TPSA) is 103 Å². The second-order valence-corrected chi connectivity index (χ2v) is 7.73. The van der Waals surface area contributed by atoms with Crippen molar-refractivity contribution < 1.29 is 9.59 Å². The van der Waals surface area contributed by atoms with Crippen molar-refractivity contribution >= 4 is 23.7 Å². The second kappa shape index (κ2) is 8.10. The van der Waals surface area contributed by atoms with Crippen LogP contribution in [0.3, 0.4) is 0 Å². The van der Waals surface area contributed by atoms with Gasteiger partial charge in [-0.05, 0) is 42.2 Å². The Hall–Kier alpha value is -3.48. The van der Waals surface area contributed by atoms with Gasteiger partial charge in [0.25, 0.3) is 0 Å². The van der Waals surface area contributed by atoms with Gasteiger partial charge in [0.05, 0.1) is 6.54 Å². The molecule has 0 unspecified atom stereocenters. The van der Waals surface area contributed by atoms with E-state index in [1.165, 1.54) is 5.56 Å². The lowest BCUT2D eigenvalue weighted by molar-refractivity contribution is -0.128. The largest absolute Gasteiger partial charge is 0.402 e. The zero-order valence-electron chi connectivity index (χ0n) is 17.0. The van der Waals surface area contributed by atoms with Crippen molar-refractivity contribution in [3.8, 4) is 11.1 Å². The zero-order valence-corrected chi connectivity index (χ0v) is 17.0. The Bertz CT molecular complexity index is 1040. The van der Waals surface area contributed by atoms with Gasteiger partial charge in [-0.3, -0.25) is 20.0 Å². The molecular weight excluding hydrogens is 378 g/mol. The van der Waals surface area contributed by atoms with Crippen LogP contribution in [0.25, 0.3) is 11.1 Å². The molecule has 0 saturated heterocycles. The number of rotatable bonds is 3. The van der Waals surface area contributed by atoms with E-state index in [9.17, 15) is 9.59 Å². The molecule has 4 rings (SSSR count). The molecule has 0 fully saturated rings. The van der Waals surface area contributed by atoms with Crippen LogP contribution in [0.4, 0.5) is 5.69 Å². The lowest BCUT2D eigenvalue weighted by Gasteiger charge is -2.36. The molecule has 0 aliphatic carbocycles. The Morgan fingerprint density at radius 3 is 2.67 bits per heavy atom.